The summed E-state index contributed by atoms with van der Waals surface area (Å²) < 4.78 is 0. The summed E-state index contributed by atoms with van der Waals surface area (Å²) in [5.41, 5.74) is 2.20. The van der Waals surface area contributed by atoms with E-state index >= 15 is 0 Å². The van der Waals surface area contributed by atoms with Crippen LogP contribution < -0.4 is 5.56 Å². The molecule has 3 nitrogen and oxygen atoms in total. The Morgan fingerprint density at radius 3 is 2.45 bits per heavy atom. The minimum absolute atomic E-state index is 0.0311. The van der Waals surface area contributed by atoms with Crippen molar-refractivity contribution < 1.29 is 5.11 Å². The molecule has 3 rings (SSSR count). The molecule has 1 aromatic heterocycles. The molecular weight excluding hydrogens is 250 g/mol. The van der Waals surface area contributed by atoms with Crippen molar-refractivity contribution in [2.75, 3.05) is 0 Å². The first-order valence-electron chi connectivity index (χ1n) is 6.26. The Bertz CT molecular complexity index is 845. The quantitative estimate of drug-likeness (QED) is 0.692. The van der Waals surface area contributed by atoms with Crippen molar-refractivity contribution in [1.82, 2.24) is 4.98 Å². The van der Waals surface area contributed by atoms with Gasteiger partial charge in [-0.05, 0) is 23.1 Å². The molecule has 0 saturated heterocycles. The molecule has 0 saturated carbocycles. The molecule has 0 atom stereocenters. The molecule has 2 N–H and O–H groups in total. The van der Waals surface area contributed by atoms with Gasteiger partial charge in [0.2, 0.25) is 0 Å². The van der Waals surface area contributed by atoms with E-state index in [-0.39, 0.29) is 11.3 Å². The van der Waals surface area contributed by atoms with Crippen LogP contribution >= 0.6 is 0 Å². The van der Waals surface area contributed by atoms with Crippen molar-refractivity contribution in [2.24, 2.45) is 0 Å². The molecule has 0 radical (unpaired) electrons. The van der Waals surface area contributed by atoms with Crippen molar-refractivity contribution in [3.8, 4) is 11.3 Å². The fourth-order valence-electron chi connectivity index (χ4n) is 2.21. The number of pyridine rings is 1. The molecule has 0 aliphatic rings. The normalized spacial score (nSPS) is 10.6. The first-order chi connectivity index (χ1) is 9.65. The molecular formula is C17H13NO2. The van der Waals surface area contributed by atoms with Crippen molar-refractivity contribution >= 4 is 16.5 Å². The minimum Gasteiger partial charge on any atom is -0.508 e. The lowest BCUT2D eigenvalue weighted by atomic mass is 10.1. The van der Waals surface area contributed by atoms with Gasteiger partial charge in [0.25, 0.3) is 5.56 Å². The van der Waals surface area contributed by atoms with E-state index in [9.17, 15) is 9.90 Å². The van der Waals surface area contributed by atoms with Crippen LogP contribution in [0, 0.1) is 0 Å². The van der Waals surface area contributed by atoms with Gasteiger partial charge in [-0.1, -0.05) is 49.0 Å². The molecule has 1 heterocycles. The SMILES string of the molecule is C=C(O)c1ccc(-c2cc3ccccc3c(=O)[nH]2)cc1. The smallest absolute Gasteiger partial charge is 0.256 e. The van der Waals surface area contributed by atoms with Gasteiger partial charge in [-0.3, -0.25) is 4.79 Å². The Morgan fingerprint density at radius 1 is 1.05 bits per heavy atom. The lowest BCUT2D eigenvalue weighted by Crippen LogP contribution is -2.06. The Hall–Kier alpha value is -2.81. The molecule has 0 unspecified atom stereocenters. The van der Waals surface area contributed by atoms with E-state index in [0.717, 1.165) is 16.6 Å². The molecule has 98 valence electrons. The topological polar surface area (TPSA) is 53.1 Å². The summed E-state index contributed by atoms with van der Waals surface area (Å²) in [4.78, 5) is 14.9. The van der Waals surface area contributed by atoms with Crippen LogP contribution in [0.3, 0.4) is 0 Å². The fourth-order valence-corrected chi connectivity index (χ4v) is 2.21. The second-order valence-electron chi connectivity index (χ2n) is 4.62. The third-order valence-electron chi connectivity index (χ3n) is 3.28. The van der Waals surface area contributed by atoms with Gasteiger partial charge >= 0.3 is 0 Å². The maximum Gasteiger partial charge on any atom is 0.256 e. The fraction of sp³-hybridized carbons (Fsp3) is 0. The summed E-state index contributed by atoms with van der Waals surface area (Å²) in [7, 11) is 0. The van der Waals surface area contributed by atoms with E-state index in [0.29, 0.717) is 10.9 Å². The Balaban J connectivity index is 2.14. The number of aromatic nitrogens is 1. The summed E-state index contributed by atoms with van der Waals surface area (Å²) in [5.74, 6) is 0.0311. The van der Waals surface area contributed by atoms with E-state index < -0.39 is 0 Å². The van der Waals surface area contributed by atoms with E-state index in [2.05, 4.69) is 11.6 Å². The molecule has 0 aliphatic carbocycles. The first kappa shape index (κ1) is 12.2. The predicted molar refractivity (Wildman–Crippen MR) is 81.7 cm³/mol. The predicted octanol–water partition coefficient (Wildman–Crippen LogP) is 3.72. The minimum atomic E-state index is -0.103. The molecule has 0 fully saturated rings. The van der Waals surface area contributed by atoms with Gasteiger partial charge in [-0.2, -0.15) is 0 Å². The number of nitrogens with one attached hydrogen (secondary N) is 1. The zero-order valence-corrected chi connectivity index (χ0v) is 10.8. The van der Waals surface area contributed by atoms with Crippen molar-refractivity contribution in [1.29, 1.82) is 0 Å². The van der Waals surface area contributed by atoms with Gasteiger partial charge in [0.05, 0.1) is 0 Å². The van der Waals surface area contributed by atoms with Crippen LogP contribution in [-0.4, -0.2) is 10.1 Å². The zero-order chi connectivity index (χ0) is 14.1. The number of rotatable bonds is 2. The second kappa shape index (κ2) is 4.70. The second-order valence-corrected chi connectivity index (χ2v) is 4.62. The molecule has 0 spiro atoms. The first-order valence-corrected chi connectivity index (χ1v) is 6.26. The number of H-pyrrole nitrogens is 1. The number of fused-ring (bicyclic) bond motifs is 1. The van der Waals surface area contributed by atoms with Crippen LogP contribution in [-0.2, 0) is 0 Å². The number of hydrogen-bond acceptors (Lipinski definition) is 2. The van der Waals surface area contributed by atoms with Gasteiger partial charge in [-0.15, -0.1) is 0 Å². The number of aromatic amines is 1. The molecule has 0 aliphatic heterocycles. The summed E-state index contributed by atoms with van der Waals surface area (Å²) in [6.45, 7) is 3.48. The van der Waals surface area contributed by atoms with Crippen LogP contribution in [0.2, 0.25) is 0 Å². The van der Waals surface area contributed by atoms with Gasteiger partial charge < -0.3 is 10.1 Å². The number of aliphatic hydroxyl groups is 1. The van der Waals surface area contributed by atoms with Crippen molar-refractivity contribution in [2.45, 2.75) is 0 Å². The highest BCUT2D eigenvalue weighted by Gasteiger charge is 2.04. The highest BCUT2D eigenvalue weighted by Crippen LogP contribution is 2.21. The molecule has 2 aromatic carbocycles. The lowest BCUT2D eigenvalue weighted by molar-refractivity contribution is 0.514. The van der Waals surface area contributed by atoms with Crippen LogP contribution in [0.1, 0.15) is 5.56 Å². The van der Waals surface area contributed by atoms with Crippen LogP contribution in [0.4, 0.5) is 0 Å². The largest absolute Gasteiger partial charge is 0.508 e. The Morgan fingerprint density at radius 2 is 1.75 bits per heavy atom. The van der Waals surface area contributed by atoms with E-state index in [1.54, 1.807) is 18.2 Å². The van der Waals surface area contributed by atoms with E-state index in [1.165, 1.54) is 0 Å². The third-order valence-corrected chi connectivity index (χ3v) is 3.28. The van der Waals surface area contributed by atoms with Gasteiger partial charge in [0, 0.05) is 16.6 Å². The van der Waals surface area contributed by atoms with E-state index in [4.69, 9.17) is 0 Å². The van der Waals surface area contributed by atoms with Crippen LogP contribution in [0.5, 0.6) is 0 Å². The molecule has 20 heavy (non-hydrogen) atoms. The summed E-state index contributed by atoms with van der Waals surface area (Å²) in [6, 6.07) is 16.6. The average molecular weight is 263 g/mol. The van der Waals surface area contributed by atoms with Gasteiger partial charge in [0.1, 0.15) is 5.76 Å². The average Bonchev–Trinajstić information content (AvgIpc) is 2.47. The number of hydrogen-bond donors (Lipinski definition) is 2. The summed E-state index contributed by atoms with van der Waals surface area (Å²) in [5, 5.41) is 10.9. The summed E-state index contributed by atoms with van der Waals surface area (Å²) >= 11 is 0. The standard InChI is InChI=1S/C17H13NO2/c1-11(19)12-6-8-13(9-7-12)16-10-14-4-2-3-5-15(14)17(20)18-16/h2-10,19H,1H2,(H,18,20). The lowest BCUT2D eigenvalue weighted by Gasteiger charge is -2.05. The Labute approximate surface area is 115 Å². The molecule has 3 heteroatoms. The van der Waals surface area contributed by atoms with Crippen molar-refractivity contribution in [3.05, 3.63) is 77.1 Å². The van der Waals surface area contributed by atoms with Gasteiger partial charge in [-0.25, -0.2) is 0 Å². The Kier molecular flexibility index (Phi) is 2.88. The molecule has 0 amide bonds. The maximum absolute atomic E-state index is 12.0. The highest BCUT2D eigenvalue weighted by molar-refractivity contribution is 5.85. The molecule has 3 aromatic rings. The van der Waals surface area contributed by atoms with Crippen molar-refractivity contribution in [3.63, 3.8) is 0 Å². The summed E-state index contributed by atoms with van der Waals surface area (Å²) in [6.07, 6.45) is 0. The van der Waals surface area contributed by atoms with Crippen LogP contribution in [0.15, 0.2) is 66.0 Å². The monoisotopic (exact) mass is 263 g/mol. The molecule has 0 bridgehead atoms. The zero-order valence-electron chi connectivity index (χ0n) is 10.8. The number of benzene rings is 2. The third kappa shape index (κ3) is 2.10. The number of aliphatic hydroxyl groups excluding tert-OH is 1. The van der Waals surface area contributed by atoms with Gasteiger partial charge in [0.15, 0.2) is 0 Å². The highest BCUT2D eigenvalue weighted by atomic mass is 16.3. The maximum atomic E-state index is 12.0. The van der Waals surface area contributed by atoms with E-state index in [1.807, 2.05) is 36.4 Å². The van der Waals surface area contributed by atoms with Crippen LogP contribution in [0.25, 0.3) is 27.8 Å².